The molecule has 0 radical (unpaired) electrons. The van der Waals surface area contributed by atoms with Crippen molar-refractivity contribution in [1.82, 2.24) is 15.1 Å². The van der Waals surface area contributed by atoms with E-state index in [-0.39, 0.29) is 5.91 Å². The largest absolute Gasteiger partial charge is 0.342 e. The first kappa shape index (κ1) is 17.8. The maximum absolute atomic E-state index is 12.8. The lowest BCUT2D eigenvalue weighted by Gasteiger charge is -2.20. The first-order chi connectivity index (χ1) is 13.1. The van der Waals surface area contributed by atoms with Gasteiger partial charge in [0.2, 0.25) is 5.91 Å². The van der Waals surface area contributed by atoms with E-state index in [2.05, 4.69) is 29.3 Å². The van der Waals surface area contributed by atoms with Crippen LogP contribution < -0.4 is 0 Å². The van der Waals surface area contributed by atoms with Gasteiger partial charge < -0.3 is 4.90 Å². The zero-order valence-corrected chi connectivity index (χ0v) is 16.1. The average molecular weight is 380 g/mol. The van der Waals surface area contributed by atoms with E-state index in [9.17, 15) is 4.79 Å². The first-order valence-electron chi connectivity index (χ1n) is 9.27. The Balaban J connectivity index is 1.52. The third-order valence-electron chi connectivity index (χ3n) is 5.27. The molecule has 0 atom stereocenters. The third kappa shape index (κ3) is 3.62. The summed E-state index contributed by atoms with van der Waals surface area (Å²) in [6.45, 7) is 3.51. The van der Waals surface area contributed by atoms with Gasteiger partial charge in [-0.15, -0.1) is 0 Å². The minimum atomic E-state index is 0.124. The number of benzene rings is 2. The molecule has 27 heavy (non-hydrogen) atoms. The minimum Gasteiger partial charge on any atom is -0.342 e. The SMILES string of the molecule is Cc1ccccc1-c1n[nH]c2c1CCN(C(=O)Cc1ccccc1Cl)CC2. The number of aryl methyl sites for hydroxylation is 1. The number of nitrogens with zero attached hydrogens (tertiary/aromatic N) is 2. The number of carbonyl (C=O) groups is 1. The number of amides is 1. The van der Waals surface area contributed by atoms with E-state index in [1.807, 2.05) is 41.3 Å². The Kier molecular flexibility index (Phi) is 4.99. The van der Waals surface area contributed by atoms with E-state index in [0.29, 0.717) is 24.5 Å². The second-order valence-corrected chi connectivity index (χ2v) is 7.40. The van der Waals surface area contributed by atoms with E-state index < -0.39 is 0 Å². The van der Waals surface area contributed by atoms with Gasteiger partial charge in [0.05, 0.1) is 12.1 Å². The van der Waals surface area contributed by atoms with Crippen LogP contribution in [0.2, 0.25) is 5.02 Å². The molecule has 1 aliphatic rings. The molecule has 0 saturated carbocycles. The van der Waals surface area contributed by atoms with E-state index in [0.717, 1.165) is 35.4 Å². The van der Waals surface area contributed by atoms with Crippen LogP contribution in [-0.2, 0) is 24.1 Å². The Morgan fingerprint density at radius 3 is 2.67 bits per heavy atom. The Morgan fingerprint density at radius 1 is 1.11 bits per heavy atom. The monoisotopic (exact) mass is 379 g/mol. The predicted molar refractivity (Wildman–Crippen MR) is 108 cm³/mol. The summed E-state index contributed by atoms with van der Waals surface area (Å²) in [5.74, 6) is 0.124. The van der Waals surface area contributed by atoms with Crippen molar-refractivity contribution in [3.63, 3.8) is 0 Å². The lowest BCUT2D eigenvalue weighted by molar-refractivity contribution is -0.130. The maximum atomic E-state index is 12.8. The zero-order valence-electron chi connectivity index (χ0n) is 15.3. The van der Waals surface area contributed by atoms with Gasteiger partial charge in [-0.05, 0) is 30.5 Å². The Hall–Kier alpha value is -2.59. The molecule has 4 nitrogen and oxygen atoms in total. The van der Waals surface area contributed by atoms with Crippen LogP contribution >= 0.6 is 11.6 Å². The van der Waals surface area contributed by atoms with E-state index >= 15 is 0 Å². The number of aromatic amines is 1. The summed E-state index contributed by atoms with van der Waals surface area (Å²) < 4.78 is 0. The van der Waals surface area contributed by atoms with Crippen molar-refractivity contribution in [2.75, 3.05) is 13.1 Å². The standard InChI is InChI=1S/C22H22ClN3O/c1-15-6-2-4-8-17(15)22-18-10-12-26(13-11-20(18)24-25-22)21(27)14-16-7-3-5-9-19(16)23/h2-9H,10-14H2,1H3,(H,24,25). The molecule has 4 rings (SSSR count). The van der Waals surface area contributed by atoms with Gasteiger partial charge >= 0.3 is 0 Å². The fraction of sp³-hybridized carbons (Fsp3) is 0.273. The number of hydrogen-bond donors (Lipinski definition) is 1. The van der Waals surface area contributed by atoms with Crippen LogP contribution in [0.3, 0.4) is 0 Å². The summed E-state index contributed by atoms with van der Waals surface area (Å²) in [6.07, 6.45) is 1.95. The third-order valence-corrected chi connectivity index (χ3v) is 5.64. The topological polar surface area (TPSA) is 49.0 Å². The molecule has 0 saturated heterocycles. The highest BCUT2D eigenvalue weighted by Crippen LogP contribution is 2.29. The zero-order chi connectivity index (χ0) is 18.8. The van der Waals surface area contributed by atoms with E-state index in [1.165, 1.54) is 11.1 Å². The quantitative estimate of drug-likeness (QED) is 0.741. The van der Waals surface area contributed by atoms with Crippen LogP contribution in [0.15, 0.2) is 48.5 Å². The highest BCUT2D eigenvalue weighted by molar-refractivity contribution is 6.31. The first-order valence-corrected chi connectivity index (χ1v) is 9.64. The van der Waals surface area contributed by atoms with Crippen LogP contribution in [0.25, 0.3) is 11.3 Å². The molecule has 0 spiro atoms. The molecule has 1 aromatic heterocycles. The highest BCUT2D eigenvalue weighted by atomic mass is 35.5. The van der Waals surface area contributed by atoms with Gasteiger partial charge in [0.15, 0.2) is 0 Å². The van der Waals surface area contributed by atoms with Gasteiger partial charge in [-0.1, -0.05) is 54.1 Å². The molecule has 0 aliphatic carbocycles. The maximum Gasteiger partial charge on any atom is 0.227 e. The van der Waals surface area contributed by atoms with Gasteiger partial charge in [0.25, 0.3) is 0 Å². The average Bonchev–Trinajstić information content (AvgIpc) is 2.94. The Bertz CT molecular complexity index is 979. The molecular formula is C22H22ClN3O. The summed E-state index contributed by atoms with van der Waals surface area (Å²) in [4.78, 5) is 14.7. The highest BCUT2D eigenvalue weighted by Gasteiger charge is 2.23. The lowest BCUT2D eigenvalue weighted by atomic mass is 9.99. The molecule has 1 amide bonds. The second kappa shape index (κ2) is 7.57. The van der Waals surface area contributed by atoms with Crippen LogP contribution in [0.5, 0.6) is 0 Å². The number of aromatic nitrogens is 2. The van der Waals surface area contributed by atoms with Crippen molar-refractivity contribution >= 4 is 17.5 Å². The van der Waals surface area contributed by atoms with Crippen molar-refractivity contribution < 1.29 is 4.79 Å². The molecule has 2 heterocycles. The molecule has 2 aromatic carbocycles. The number of fused-ring (bicyclic) bond motifs is 1. The molecule has 0 bridgehead atoms. The summed E-state index contributed by atoms with van der Waals surface area (Å²) in [5, 5.41) is 8.42. The molecule has 0 unspecified atom stereocenters. The van der Waals surface area contributed by atoms with Gasteiger partial charge in [-0.3, -0.25) is 9.89 Å². The summed E-state index contributed by atoms with van der Waals surface area (Å²) in [6, 6.07) is 15.8. The van der Waals surface area contributed by atoms with Crippen molar-refractivity contribution in [2.45, 2.75) is 26.2 Å². The second-order valence-electron chi connectivity index (χ2n) is 6.99. The minimum absolute atomic E-state index is 0.124. The predicted octanol–water partition coefficient (Wildman–Crippen LogP) is 4.21. The number of hydrogen-bond acceptors (Lipinski definition) is 2. The number of H-pyrrole nitrogens is 1. The number of halogens is 1. The molecule has 1 N–H and O–H groups in total. The van der Waals surface area contributed by atoms with Crippen molar-refractivity contribution in [3.8, 4) is 11.3 Å². The summed E-state index contributed by atoms with van der Waals surface area (Å²) >= 11 is 6.21. The molecular weight excluding hydrogens is 358 g/mol. The molecule has 0 fully saturated rings. The molecule has 138 valence electrons. The Labute approximate surface area is 164 Å². The van der Waals surface area contributed by atoms with Gasteiger partial charge in [0, 0.05) is 41.4 Å². The van der Waals surface area contributed by atoms with Crippen molar-refractivity contribution in [2.24, 2.45) is 0 Å². The molecule has 5 heteroatoms. The number of carbonyl (C=O) groups excluding carboxylic acids is 1. The van der Waals surface area contributed by atoms with Crippen LogP contribution in [0.1, 0.15) is 22.4 Å². The van der Waals surface area contributed by atoms with Gasteiger partial charge in [0.1, 0.15) is 0 Å². The van der Waals surface area contributed by atoms with Crippen molar-refractivity contribution in [1.29, 1.82) is 0 Å². The molecule has 3 aromatic rings. The fourth-order valence-corrected chi connectivity index (χ4v) is 3.91. The number of rotatable bonds is 3. The van der Waals surface area contributed by atoms with Gasteiger partial charge in [-0.2, -0.15) is 5.10 Å². The van der Waals surface area contributed by atoms with Crippen LogP contribution in [0, 0.1) is 6.92 Å². The normalized spacial score (nSPS) is 13.9. The van der Waals surface area contributed by atoms with E-state index in [4.69, 9.17) is 11.6 Å². The Morgan fingerprint density at radius 2 is 1.85 bits per heavy atom. The van der Waals surface area contributed by atoms with Crippen LogP contribution in [0.4, 0.5) is 0 Å². The smallest absolute Gasteiger partial charge is 0.227 e. The van der Waals surface area contributed by atoms with Gasteiger partial charge in [-0.25, -0.2) is 0 Å². The lowest BCUT2D eigenvalue weighted by Crippen LogP contribution is -2.34. The van der Waals surface area contributed by atoms with E-state index in [1.54, 1.807) is 0 Å². The molecule has 1 aliphatic heterocycles. The number of nitrogens with one attached hydrogen (secondary N) is 1. The van der Waals surface area contributed by atoms with Crippen molar-refractivity contribution in [3.05, 3.63) is 75.9 Å². The fourth-order valence-electron chi connectivity index (χ4n) is 3.71. The summed E-state index contributed by atoms with van der Waals surface area (Å²) in [7, 11) is 0. The summed E-state index contributed by atoms with van der Waals surface area (Å²) in [5.41, 5.74) is 6.64. The van der Waals surface area contributed by atoms with Crippen LogP contribution in [-0.4, -0.2) is 34.1 Å².